The van der Waals surface area contributed by atoms with Gasteiger partial charge in [0, 0.05) is 36.5 Å². The lowest BCUT2D eigenvalue weighted by Gasteiger charge is -2.35. The molecule has 2 aliphatic rings. The van der Waals surface area contributed by atoms with Crippen LogP contribution in [0.2, 0.25) is 0 Å². The van der Waals surface area contributed by atoms with Gasteiger partial charge in [-0.3, -0.25) is 4.79 Å². The smallest absolute Gasteiger partial charge is 0.252 e. The van der Waals surface area contributed by atoms with Gasteiger partial charge in [-0.1, -0.05) is 79.0 Å². The maximum atomic E-state index is 14.5. The second-order valence-electron chi connectivity index (χ2n) is 11.5. The summed E-state index contributed by atoms with van der Waals surface area (Å²) in [7, 11) is 0. The van der Waals surface area contributed by atoms with Crippen molar-refractivity contribution in [1.82, 2.24) is 5.32 Å². The highest BCUT2D eigenvalue weighted by atomic mass is 16.5. The van der Waals surface area contributed by atoms with E-state index in [1.54, 1.807) is 12.1 Å². The molecule has 3 aromatic carbocycles. The van der Waals surface area contributed by atoms with Crippen molar-refractivity contribution in [2.75, 3.05) is 19.8 Å². The van der Waals surface area contributed by atoms with Gasteiger partial charge in [0.1, 0.15) is 5.75 Å². The molecule has 0 spiro atoms. The molecule has 3 N–H and O–H groups in total. The number of nitrogens with zero attached hydrogens (tertiary/aromatic N) is 4. The molecule has 10 heteroatoms. The molecule has 1 saturated carbocycles. The van der Waals surface area contributed by atoms with Crippen LogP contribution in [-0.4, -0.2) is 52.9 Å². The Bertz CT molecular complexity index is 1480. The highest BCUT2D eigenvalue weighted by Gasteiger charge is 2.54. The summed E-state index contributed by atoms with van der Waals surface area (Å²) in [6.07, 6.45) is 4.11. The lowest BCUT2D eigenvalue weighted by Crippen LogP contribution is -2.54. The molecule has 0 bridgehead atoms. The quantitative estimate of drug-likeness (QED) is 0.102. The topological polar surface area (TPSA) is 149 Å². The van der Waals surface area contributed by atoms with Gasteiger partial charge >= 0.3 is 0 Å². The summed E-state index contributed by atoms with van der Waals surface area (Å²) >= 11 is 0. The minimum Gasteiger partial charge on any atom is -0.494 e. The van der Waals surface area contributed by atoms with Gasteiger partial charge in [-0.25, -0.2) is 4.99 Å². The molecule has 10 nitrogen and oxygen atoms in total. The van der Waals surface area contributed by atoms with Crippen LogP contribution in [-0.2, 0) is 22.5 Å². The van der Waals surface area contributed by atoms with Gasteiger partial charge in [0.25, 0.3) is 5.91 Å². The van der Waals surface area contributed by atoms with E-state index in [-0.39, 0.29) is 32.0 Å². The summed E-state index contributed by atoms with van der Waals surface area (Å²) in [5, 5.41) is 27.2. The minimum atomic E-state index is -1.43. The molecule has 5 rings (SSSR count). The fraction of sp³-hybridized carbons (Fsp3) is 0.412. The van der Waals surface area contributed by atoms with Crippen LogP contribution in [0.25, 0.3) is 10.4 Å². The van der Waals surface area contributed by atoms with E-state index >= 15 is 0 Å². The van der Waals surface area contributed by atoms with Gasteiger partial charge in [-0.2, -0.15) is 0 Å². The molecular formula is C34H39N5O5. The van der Waals surface area contributed by atoms with E-state index in [0.717, 1.165) is 30.4 Å². The lowest BCUT2D eigenvalue weighted by atomic mass is 9.80. The van der Waals surface area contributed by atoms with Crippen molar-refractivity contribution in [3.8, 4) is 5.75 Å². The Morgan fingerprint density at radius 1 is 1.05 bits per heavy atom. The maximum absolute atomic E-state index is 14.5. The van der Waals surface area contributed by atoms with E-state index in [0.29, 0.717) is 48.6 Å². The number of ether oxygens (including phenoxy) is 2. The fourth-order valence-corrected chi connectivity index (χ4v) is 5.99. The molecule has 1 fully saturated rings. The van der Waals surface area contributed by atoms with E-state index in [1.807, 2.05) is 66.7 Å². The van der Waals surface area contributed by atoms with Crippen molar-refractivity contribution in [1.29, 1.82) is 0 Å². The third-order valence-electron chi connectivity index (χ3n) is 8.35. The van der Waals surface area contributed by atoms with Gasteiger partial charge in [0.05, 0.1) is 18.8 Å². The molecule has 0 saturated heterocycles. The van der Waals surface area contributed by atoms with Gasteiger partial charge in [0.2, 0.25) is 5.90 Å². The number of aliphatic imine (C=N–C) groups is 1. The Morgan fingerprint density at radius 2 is 1.77 bits per heavy atom. The maximum Gasteiger partial charge on any atom is 0.252 e. The molecule has 230 valence electrons. The number of benzene rings is 3. The molecule has 3 aromatic rings. The van der Waals surface area contributed by atoms with E-state index < -0.39 is 17.2 Å². The fourth-order valence-electron chi connectivity index (χ4n) is 5.99. The van der Waals surface area contributed by atoms with Gasteiger partial charge in [-0.15, -0.1) is 0 Å². The van der Waals surface area contributed by atoms with Gasteiger partial charge in [-0.05, 0) is 59.3 Å². The van der Waals surface area contributed by atoms with Crippen LogP contribution in [0, 0.1) is 0 Å². The number of hydrogen-bond acceptors (Lipinski definition) is 7. The third-order valence-corrected chi connectivity index (χ3v) is 8.35. The number of carbonyl (C=O) groups is 1. The Morgan fingerprint density at radius 3 is 2.50 bits per heavy atom. The molecule has 2 atom stereocenters. The number of rotatable bonds is 13. The number of hydrogen-bond donors (Lipinski definition) is 3. The van der Waals surface area contributed by atoms with Crippen LogP contribution in [0.4, 0.5) is 0 Å². The van der Waals surface area contributed by atoms with Crippen LogP contribution >= 0.6 is 0 Å². The average molecular weight is 598 g/mol. The first kappa shape index (κ1) is 31.1. The molecule has 1 amide bonds. The van der Waals surface area contributed by atoms with Crippen molar-refractivity contribution in [3.05, 3.63) is 112 Å². The van der Waals surface area contributed by atoms with Crippen LogP contribution in [0.3, 0.4) is 0 Å². The van der Waals surface area contributed by atoms with Crippen molar-refractivity contribution in [3.63, 3.8) is 0 Å². The van der Waals surface area contributed by atoms with Crippen LogP contribution < -0.4 is 10.1 Å². The number of nitrogens with one attached hydrogen (secondary N) is 1. The summed E-state index contributed by atoms with van der Waals surface area (Å²) in [6, 6.07) is 24.4. The highest BCUT2D eigenvalue weighted by Crippen LogP contribution is 2.44. The summed E-state index contributed by atoms with van der Waals surface area (Å²) < 4.78 is 12.3. The van der Waals surface area contributed by atoms with E-state index in [2.05, 4.69) is 15.3 Å². The SMILES string of the molecule is [N-]=[N+]=NCc1ccccc1[C@H]1OC(c2ccc(OCCCO)cc2)=N[C@@]1(Cc1ccccc1)C(=O)NCC1(O)CCCCC1. The molecule has 1 aliphatic carbocycles. The predicted molar refractivity (Wildman–Crippen MR) is 167 cm³/mol. The molecule has 0 radical (unpaired) electrons. The zero-order chi connectivity index (χ0) is 30.8. The molecular weight excluding hydrogens is 558 g/mol. The standard InChI is InChI=1S/C34H39N5O5/c35-39-37-23-27-12-5-6-13-29(27)30-34(22-25-10-3-1-4-11-25,32(41)36-24-33(42)18-7-2-8-19-33)38-31(44-30)26-14-16-28(17-15-26)43-21-9-20-40/h1,3-6,10-17,30,40,42H,2,7-9,18-24H2,(H,36,41)/t30-,34-/m1/s1. The molecule has 44 heavy (non-hydrogen) atoms. The number of azide groups is 1. The molecule has 1 aliphatic heterocycles. The minimum absolute atomic E-state index is 0.0498. The first-order valence-corrected chi connectivity index (χ1v) is 15.2. The first-order chi connectivity index (χ1) is 21.5. The van der Waals surface area contributed by atoms with Crippen LogP contribution in [0.5, 0.6) is 5.75 Å². The second kappa shape index (κ2) is 14.4. The molecule has 0 unspecified atom stereocenters. The highest BCUT2D eigenvalue weighted by molar-refractivity contribution is 6.01. The van der Waals surface area contributed by atoms with Gasteiger partial charge in [0.15, 0.2) is 11.6 Å². The van der Waals surface area contributed by atoms with Crippen LogP contribution in [0.1, 0.15) is 66.9 Å². The number of aliphatic hydroxyl groups is 2. The number of amides is 1. The number of carbonyl (C=O) groups excluding carboxylic acids is 1. The summed E-state index contributed by atoms with van der Waals surface area (Å²) in [5.41, 5.74) is 9.68. The summed E-state index contributed by atoms with van der Waals surface area (Å²) in [6.45, 7) is 0.656. The number of aliphatic hydroxyl groups excluding tert-OH is 1. The van der Waals surface area contributed by atoms with E-state index in [1.165, 1.54) is 0 Å². The average Bonchev–Trinajstić information content (AvgIpc) is 3.44. The summed E-state index contributed by atoms with van der Waals surface area (Å²) in [5.74, 6) is 0.604. The van der Waals surface area contributed by atoms with Gasteiger partial charge < -0.3 is 25.0 Å². The Kier molecular flexibility index (Phi) is 10.2. The Hall–Kier alpha value is -4.37. The first-order valence-electron chi connectivity index (χ1n) is 15.2. The molecule has 0 aromatic heterocycles. The zero-order valence-corrected chi connectivity index (χ0v) is 24.8. The third kappa shape index (κ3) is 7.22. The molecule has 1 heterocycles. The summed E-state index contributed by atoms with van der Waals surface area (Å²) in [4.78, 5) is 22.5. The monoisotopic (exact) mass is 597 g/mol. The normalized spacial score (nSPS) is 20.6. The largest absolute Gasteiger partial charge is 0.494 e. The van der Waals surface area contributed by atoms with Crippen molar-refractivity contribution in [2.24, 2.45) is 10.1 Å². The Labute approximate surface area is 257 Å². The zero-order valence-electron chi connectivity index (χ0n) is 24.8. The van der Waals surface area contributed by atoms with E-state index in [4.69, 9.17) is 25.1 Å². The predicted octanol–water partition coefficient (Wildman–Crippen LogP) is 5.57. The second-order valence-corrected chi connectivity index (χ2v) is 11.5. The Balaban J connectivity index is 1.57. The lowest BCUT2D eigenvalue weighted by molar-refractivity contribution is -0.130. The van der Waals surface area contributed by atoms with Crippen LogP contribution in [0.15, 0.2) is 89.0 Å². The van der Waals surface area contributed by atoms with E-state index in [9.17, 15) is 9.90 Å². The van der Waals surface area contributed by atoms with Crippen molar-refractivity contribution >= 4 is 11.8 Å². The van der Waals surface area contributed by atoms with Crippen molar-refractivity contribution in [2.45, 2.75) is 68.7 Å². The van der Waals surface area contributed by atoms with Crippen molar-refractivity contribution < 1.29 is 24.5 Å².